The highest BCUT2D eigenvalue weighted by Gasteiger charge is 2.37. The minimum absolute atomic E-state index is 0.0417. The van der Waals surface area contributed by atoms with Gasteiger partial charge in [-0.15, -0.1) is 0 Å². The van der Waals surface area contributed by atoms with Crippen LogP contribution in [0.1, 0.15) is 24.0 Å². The molecular weight excluding hydrogens is 264 g/mol. The van der Waals surface area contributed by atoms with Crippen molar-refractivity contribution in [1.29, 1.82) is 0 Å². The van der Waals surface area contributed by atoms with Crippen molar-refractivity contribution in [3.63, 3.8) is 0 Å². The van der Waals surface area contributed by atoms with Crippen LogP contribution in [-0.2, 0) is 12.8 Å². The number of hydrogen-bond acceptors (Lipinski definition) is 6. The SMILES string of the molecule is O=[N+]([O-])c1c2c(c([N+](=O)[O-])c3c1CCCN3)NCCC2. The van der Waals surface area contributed by atoms with E-state index in [0.29, 0.717) is 48.4 Å². The molecule has 3 rings (SSSR count). The number of nitrogens with zero attached hydrogens (tertiary/aromatic N) is 2. The number of anilines is 2. The largest absolute Gasteiger partial charge is 0.379 e. The molecule has 8 nitrogen and oxygen atoms in total. The van der Waals surface area contributed by atoms with Crippen molar-refractivity contribution in [3.8, 4) is 0 Å². The lowest BCUT2D eigenvalue weighted by Gasteiger charge is -2.24. The van der Waals surface area contributed by atoms with Crippen molar-refractivity contribution in [2.24, 2.45) is 0 Å². The molecule has 0 aromatic heterocycles. The van der Waals surface area contributed by atoms with Crippen LogP contribution < -0.4 is 10.6 Å². The Balaban J connectivity index is 2.37. The van der Waals surface area contributed by atoms with Gasteiger partial charge in [-0.1, -0.05) is 0 Å². The monoisotopic (exact) mass is 278 g/mol. The smallest absolute Gasteiger partial charge is 0.316 e. The molecule has 0 unspecified atom stereocenters. The zero-order valence-corrected chi connectivity index (χ0v) is 10.8. The van der Waals surface area contributed by atoms with Gasteiger partial charge in [-0.25, -0.2) is 0 Å². The van der Waals surface area contributed by atoms with Gasteiger partial charge in [0.25, 0.3) is 5.69 Å². The lowest BCUT2D eigenvalue weighted by molar-refractivity contribution is -0.389. The number of nitrogens with one attached hydrogen (secondary N) is 2. The number of nitro benzene ring substituents is 2. The summed E-state index contributed by atoms with van der Waals surface area (Å²) in [5.41, 5.74) is 1.62. The Bertz CT molecular complexity index is 524. The normalized spacial score (nSPS) is 16.4. The molecule has 0 saturated heterocycles. The van der Waals surface area contributed by atoms with E-state index in [4.69, 9.17) is 0 Å². The van der Waals surface area contributed by atoms with Gasteiger partial charge in [0, 0.05) is 13.1 Å². The van der Waals surface area contributed by atoms with Crippen LogP contribution in [0.3, 0.4) is 0 Å². The average molecular weight is 278 g/mol. The van der Waals surface area contributed by atoms with E-state index in [1.165, 1.54) is 0 Å². The summed E-state index contributed by atoms with van der Waals surface area (Å²) >= 11 is 0. The van der Waals surface area contributed by atoms with Crippen LogP contribution in [-0.4, -0.2) is 22.9 Å². The first kappa shape index (κ1) is 12.6. The van der Waals surface area contributed by atoms with Crippen molar-refractivity contribution < 1.29 is 9.85 Å². The van der Waals surface area contributed by atoms with Crippen molar-refractivity contribution in [2.45, 2.75) is 25.7 Å². The molecule has 1 aromatic rings. The molecule has 0 fully saturated rings. The van der Waals surface area contributed by atoms with Gasteiger partial charge < -0.3 is 10.6 Å². The lowest BCUT2D eigenvalue weighted by Crippen LogP contribution is -2.21. The molecule has 8 heteroatoms. The van der Waals surface area contributed by atoms with E-state index in [2.05, 4.69) is 10.6 Å². The Morgan fingerprint density at radius 3 is 1.65 bits per heavy atom. The summed E-state index contributed by atoms with van der Waals surface area (Å²) in [6, 6.07) is 0. The van der Waals surface area contributed by atoms with E-state index in [1.54, 1.807) is 0 Å². The molecule has 0 bridgehead atoms. The maximum atomic E-state index is 11.4. The fourth-order valence-corrected chi connectivity index (χ4v) is 3.06. The van der Waals surface area contributed by atoms with Crippen LogP contribution in [0.2, 0.25) is 0 Å². The van der Waals surface area contributed by atoms with Crippen molar-refractivity contribution in [2.75, 3.05) is 23.7 Å². The summed E-state index contributed by atoms with van der Waals surface area (Å²) in [5, 5.41) is 28.7. The van der Waals surface area contributed by atoms with Crippen LogP contribution in [0.4, 0.5) is 22.7 Å². The molecule has 2 aliphatic heterocycles. The number of rotatable bonds is 2. The van der Waals surface area contributed by atoms with Crippen LogP contribution in [0.15, 0.2) is 0 Å². The van der Waals surface area contributed by atoms with E-state index >= 15 is 0 Å². The van der Waals surface area contributed by atoms with Gasteiger partial charge in [-0.05, 0) is 25.7 Å². The predicted octanol–water partition coefficient (Wildman–Crippen LogP) is 2.22. The van der Waals surface area contributed by atoms with Crippen LogP contribution in [0.5, 0.6) is 0 Å². The van der Waals surface area contributed by atoms with Gasteiger partial charge >= 0.3 is 5.69 Å². The molecule has 0 saturated carbocycles. The highest BCUT2D eigenvalue weighted by Crippen LogP contribution is 2.48. The van der Waals surface area contributed by atoms with Gasteiger partial charge in [0.15, 0.2) is 0 Å². The molecule has 2 N–H and O–H groups in total. The minimum atomic E-state index is -0.446. The van der Waals surface area contributed by atoms with Gasteiger partial charge in [0.2, 0.25) is 0 Å². The summed E-state index contributed by atoms with van der Waals surface area (Å²) in [5.74, 6) is 0. The zero-order chi connectivity index (χ0) is 14.3. The molecule has 0 atom stereocenters. The standard InChI is InChI=1S/C12H14N4O4/c17-15(18)11-7-3-1-5-13-9(7)12(16(19)20)10-8(11)4-2-6-14-10/h13-14H,1-6H2. The first-order valence-corrected chi connectivity index (χ1v) is 6.59. The topological polar surface area (TPSA) is 110 Å². The summed E-state index contributed by atoms with van der Waals surface area (Å²) in [6.07, 6.45) is 2.51. The second-order valence-electron chi connectivity index (χ2n) is 4.98. The predicted molar refractivity (Wildman–Crippen MR) is 73.4 cm³/mol. The number of nitro groups is 2. The summed E-state index contributed by atoms with van der Waals surface area (Å²) in [7, 11) is 0. The Hall–Kier alpha value is -2.38. The molecule has 20 heavy (non-hydrogen) atoms. The van der Waals surface area contributed by atoms with Crippen molar-refractivity contribution >= 4 is 22.7 Å². The lowest BCUT2D eigenvalue weighted by atomic mass is 9.91. The highest BCUT2D eigenvalue weighted by atomic mass is 16.6. The second-order valence-corrected chi connectivity index (χ2v) is 4.98. The van der Waals surface area contributed by atoms with E-state index in [9.17, 15) is 20.2 Å². The zero-order valence-electron chi connectivity index (χ0n) is 10.8. The van der Waals surface area contributed by atoms with Crippen molar-refractivity contribution in [1.82, 2.24) is 0 Å². The third-order valence-electron chi connectivity index (χ3n) is 3.82. The van der Waals surface area contributed by atoms with Crippen molar-refractivity contribution in [3.05, 3.63) is 31.4 Å². The highest BCUT2D eigenvalue weighted by molar-refractivity contribution is 5.88. The van der Waals surface area contributed by atoms with Gasteiger partial charge in [0.05, 0.1) is 21.0 Å². The Kier molecular flexibility index (Phi) is 2.92. The molecular formula is C12H14N4O4. The maximum absolute atomic E-state index is 11.4. The number of hydrogen-bond donors (Lipinski definition) is 2. The van der Waals surface area contributed by atoms with E-state index < -0.39 is 9.85 Å². The summed E-state index contributed by atoms with van der Waals surface area (Å²) in [6.45, 7) is 1.20. The van der Waals surface area contributed by atoms with Crippen LogP contribution in [0, 0.1) is 20.2 Å². The summed E-state index contributed by atoms with van der Waals surface area (Å²) in [4.78, 5) is 21.9. The van der Waals surface area contributed by atoms with Crippen LogP contribution >= 0.6 is 0 Å². The van der Waals surface area contributed by atoms with Gasteiger partial charge in [0.1, 0.15) is 11.4 Å². The van der Waals surface area contributed by atoms with E-state index in [-0.39, 0.29) is 11.4 Å². The molecule has 2 aliphatic rings. The molecule has 0 spiro atoms. The Morgan fingerprint density at radius 2 is 1.25 bits per heavy atom. The van der Waals surface area contributed by atoms with Gasteiger partial charge in [-0.3, -0.25) is 20.2 Å². The summed E-state index contributed by atoms with van der Waals surface area (Å²) < 4.78 is 0. The molecule has 106 valence electrons. The fourth-order valence-electron chi connectivity index (χ4n) is 3.06. The minimum Gasteiger partial charge on any atom is -0.379 e. The number of fused-ring (bicyclic) bond motifs is 2. The quantitative estimate of drug-likeness (QED) is 0.634. The Morgan fingerprint density at radius 1 is 0.800 bits per heavy atom. The third kappa shape index (κ3) is 1.75. The average Bonchev–Trinajstić information content (AvgIpc) is 2.43. The first-order valence-electron chi connectivity index (χ1n) is 6.59. The van der Waals surface area contributed by atoms with Crippen LogP contribution in [0.25, 0.3) is 0 Å². The van der Waals surface area contributed by atoms with E-state index in [1.807, 2.05) is 0 Å². The number of benzene rings is 1. The third-order valence-corrected chi connectivity index (χ3v) is 3.82. The van der Waals surface area contributed by atoms with Gasteiger partial charge in [-0.2, -0.15) is 0 Å². The first-order chi connectivity index (χ1) is 9.61. The van der Waals surface area contributed by atoms with E-state index in [0.717, 1.165) is 12.8 Å². The fraction of sp³-hybridized carbons (Fsp3) is 0.500. The second kappa shape index (κ2) is 4.62. The molecule has 0 aliphatic carbocycles. The molecule has 0 amide bonds. The molecule has 2 heterocycles. The Labute approximate surface area is 114 Å². The maximum Gasteiger partial charge on any atom is 0.316 e. The molecule has 0 radical (unpaired) electrons. The molecule has 1 aromatic carbocycles.